The first-order chi connectivity index (χ1) is 8.50. The highest BCUT2D eigenvalue weighted by atomic mass is 35.5. The van der Waals surface area contributed by atoms with Crippen LogP contribution in [0.25, 0.3) is 0 Å². The van der Waals surface area contributed by atoms with E-state index in [2.05, 4.69) is 38.2 Å². The summed E-state index contributed by atoms with van der Waals surface area (Å²) in [6.07, 6.45) is 5.31. The second-order valence-corrected chi connectivity index (χ2v) is 6.60. The van der Waals surface area contributed by atoms with Crippen LogP contribution in [0.2, 0.25) is 5.02 Å². The smallest absolute Gasteiger partial charge is 0.0453 e. The molecule has 0 radical (unpaired) electrons. The minimum Gasteiger partial charge on any atom is -0.307 e. The maximum atomic E-state index is 6.27. The molecule has 0 amide bonds. The lowest BCUT2D eigenvalue weighted by Crippen LogP contribution is -2.45. The number of hydrogen-bond donors (Lipinski definition) is 1. The highest BCUT2D eigenvalue weighted by molar-refractivity contribution is 6.31. The van der Waals surface area contributed by atoms with Crippen molar-refractivity contribution in [3.8, 4) is 0 Å². The Morgan fingerprint density at radius 2 is 2.00 bits per heavy atom. The average Bonchev–Trinajstić information content (AvgIpc) is 2.32. The van der Waals surface area contributed by atoms with Crippen molar-refractivity contribution in [3.05, 3.63) is 34.9 Å². The quantitative estimate of drug-likeness (QED) is 0.815. The molecule has 1 nitrogen and oxygen atoms in total. The molecule has 0 heterocycles. The minimum absolute atomic E-state index is 0.320. The summed E-state index contributed by atoms with van der Waals surface area (Å²) in [4.78, 5) is 0. The summed E-state index contributed by atoms with van der Waals surface area (Å²) >= 11 is 6.27. The van der Waals surface area contributed by atoms with E-state index < -0.39 is 0 Å². The van der Waals surface area contributed by atoms with Gasteiger partial charge in [-0.25, -0.2) is 0 Å². The van der Waals surface area contributed by atoms with Gasteiger partial charge in [-0.3, -0.25) is 0 Å². The monoisotopic (exact) mass is 265 g/mol. The van der Waals surface area contributed by atoms with Crippen LogP contribution in [0.3, 0.4) is 0 Å². The molecule has 0 spiro atoms. The standard InChI is InChI=1S/C16H24ClN/c1-12(13-8-4-5-9-14(13)17)18-15-10-6-7-11-16(15,2)3/h4-5,8-9,12,15,18H,6-7,10-11H2,1-3H3/t12-,15?/m1/s1. The van der Waals surface area contributed by atoms with Crippen molar-refractivity contribution in [2.45, 2.75) is 58.5 Å². The molecule has 2 atom stereocenters. The summed E-state index contributed by atoms with van der Waals surface area (Å²) in [5.74, 6) is 0. The summed E-state index contributed by atoms with van der Waals surface area (Å²) in [6.45, 7) is 6.97. The topological polar surface area (TPSA) is 12.0 Å². The molecule has 1 unspecified atom stereocenters. The second-order valence-electron chi connectivity index (χ2n) is 6.20. The Bertz CT molecular complexity index is 400. The molecule has 1 aromatic rings. The lowest BCUT2D eigenvalue weighted by atomic mass is 9.73. The van der Waals surface area contributed by atoms with Gasteiger partial charge >= 0.3 is 0 Å². The van der Waals surface area contributed by atoms with Gasteiger partial charge in [0.25, 0.3) is 0 Å². The van der Waals surface area contributed by atoms with Gasteiger partial charge in [0.1, 0.15) is 0 Å². The first-order valence-electron chi connectivity index (χ1n) is 7.01. The fraction of sp³-hybridized carbons (Fsp3) is 0.625. The molecule has 1 fully saturated rings. The van der Waals surface area contributed by atoms with E-state index >= 15 is 0 Å². The van der Waals surface area contributed by atoms with Crippen molar-refractivity contribution < 1.29 is 0 Å². The van der Waals surface area contributed by atoms with E-state index in [4.69, 9.17) is 11.6 Å². The van der Waals surface area contributed by atoms with Crippen molar-refractivity contribution in [1.29, 1.82) is 0 Å². The SMILES string of the molecule is C[C@@H](NC1CCCCC1(C)C)c1ccccc1Cl. The van der Waals surface area contributed by atoms with E-state index in [1.807, 2.05) is 12.1 Å². The number of halogens is 1. The zero-order chi connectivity index (χ0) is 13.2. The normalized spacial score (nSPS) is 24.8. The molecule has 1 aromatic carbocycles. The van der Waals surface area contributed by atoms with Crippen LogP contribution in [-0.2, 0) is 0 Å². The molecule has 0 bridgehead atoms. The molecule has 2 heteroatoms. The Kier molecular flexibility index (Phi) is 4.34. The first kappa shape index (κ1) is 13.9. The minimum atomic E-state index is 0.320. The van der Waals surface area contributed by atoms with Crippen LogP contribution < -0.4 is 5.32 Å². The maximum absolute atomic E-state index is 6.27. The van der Waals surface area contributed by atoms with E-state index in [1.54, 1.807) is 0 Å². The molecule has 0 aromatic heterocycles. The average molecular weight is 266 g/mol. The highest BCUT2D eigenvalue weighted by Crippen LogP contribution is 2.37. The van der Waals surface area contributed by atoms with Crippen molar-refractivity contribution in [2.24, 2.45) is 5.41 Å². The van der Waals surface area contributed by atoms with E-state index in [0.717, 1.165) is 5.02 Å². The Morgan fingerprint density at radius 1 is 1.28 bits per heavy atom. The molecule has 0 aliphatic heterocycles. The van der Waals surface area contributed by atoms with E-state index in [-0.39, 0.29) is 0 Å². The van der Waals surface area contributed by atoms with Gasteiger partial charge < -0.3 is 5.32 Å². The zero-order valence-corrected chi connectivity index (χ0v) is 12.4. The maximum Gasteiger partial charge on any atom is 0.0453 e. The molecular weight excluding hydrogens is 242 g/mol. The molecule has 0 saturated heterocycles. The van der Waals surface area contributed by atoms with Crippen LogP contribution in [0, 0.1) is 5.41 Å². The fourth-order valence-electron chi connectivity index (χ4n) is 3.02. The number of benzene rings is 1. The molecule has 2 rings (SSSR count). The number of nitrogens with one attached hydrogen (secondary N) is 1. The Morgan fingerprint density at radius 3 is 2.67 bits per heavy atom. The van der Waals surface area contributed by atoms with Gasteiger partial charge in [-0.05, 0) is 36.8 Å². The summed E-state index contributed by atoms with van der Waals surface area (Å²) in [5, 5.41) is 4.65. The summed E-state index contributed by atoms with van der Waals surface area (Å²) in [5.41, 5.74) is 1.61. The van der Waals surface area contributed by atoms with Gasteiger partial charge in [-0.1, -0.05) is 56.5 Å². The summed E-state index contributed by atoms with van der Waals surface area (Å²) in [6, 6.07) is 9.06. The van der Waals surface area contributed by atoms with E-state index in [0.29, 0.717) is 17.5 Å². The van der Waals surface area contributed by atoms with Gasteiger partial charge in [-0.2, -0.15) is 0 Å². The largest absolute Gasteiger partial charge is 0.307 e. The predicted octanol–water partition coefficient (Wildman–Crippen LogP) is 4.96. The first-order valence-corrected chi connectivity index (χ1v) is 7.39. The molecule has 18 heavy (non-hydrogen) atoms. The zero-order valence-electron chi connectivity index (χ0n) is 11.7. The molecule has 1 aliphatic rings. The fourth-order valence-corrected chi connectivity index (χ4v) is 3.32. The molecule has 1 N–H and O–H groups in total. The molecular formula is C16H24ClN. The third-order valence-electron chi connectivity index (χ3n) is 4.33. The van der Waals surface area contributed by atoms with Gasteiger partial charge in [-0.15, -0.1) is 0 Å². The van der Waals surface area contributed by atoms with Crippen molar-refractivity contribution in [1.82, 2.24) is 5.32 Å². The lowest BCUT2D eigenvalue weighted by Gasteiger charge is -2.41. The predicted molar refractivity (Wildman–Crippen MR) is 79.0 cm³/mol. The Balaban J connectivity index is 2.07. The van der Waals surface area contributed by atoms with Crippen molar-refractivity contribution in [2.75, 3.05) is 0 Å². The third kappa shape index (κ3) is 3.07. The van der Waals surface area contributed by atoms with Crippen molar-refractivity contribution >= 4 is 11.6 Å². The third-order valence-corrected chi connectivity index (χ3v) is 4.67. The summed E-state index contributed by atoms with van der Waals surface area (Å²) < 4.78 is 0. The number of hydrogen-bond acceptors (Lipinski definition) is 1. The van der Waals surface area contributed by atoms with Gasteiger partial charge in [0.05, 0.1) is 0 Å². The van der Waals surface area contributed by atoms with Crippen LogP contribution in [0.1, 0.15) is 58.1 Å². The molecule has 100 valence electrons. The molecule has 1 aliphatic carbocycles. The van der Waals surface area contributed by atoms with Crippen LogP contribution >= 0.6 is 11.6 Å². The van der Waals surface area contributed by atoms with Gasteiger partial charge in [0.2, 0.25) is 0 Å². The number of rotatable bonds is 3. The van der Waals surface area contributed by atoms with Gasteiger partial charge in [0.15, 0.2) is 0 Å². The Hall–Kier alpha value is -0.530. The van der Waals surface area contributed by atoms with Crippen LogP contribution in [0.15, 0.2) is 24.3 Å². The Labute approximate surface area is 116 Å². The van der Waals surface area contributed by atoms with E-state index in [9.17, 15) is 0 Å². The van der Waals surface area contributed by atoms with Crippen LogP contribution in [-0.4, -0.2) is 6.04 Å². The van der Waals surface area contributed by atoms with E-state index in [1.165, 1.54) is 31.2 Å². The summed E-state index contributed by atoms with van der Waals surface area (Å²) in [7, 11) is 0. The van der Waals surface area contributed by atoms with Gasteiger partial charge in [0, 0.05) is 17.1 Å². The van der Waals surface area contributed by atoms with Crippen molar-refractivity contribution in [3.63, 3.8) is 0 Å². The highest BCUT2D eigenvalue weighted by Gasteiger charge is 2.32. The van der Waals surface area contributed by atoms with Crippen LogP contribution in [0.4, 0.5) is 0 Å². The lowest BCUT2D eigenvalue weighted by molar-refractivity contribution is 0.157. The molecule has 1 saturated carbocycles. The van der Waals surface area contributed by atoms with Crippen LogP contribution in [0.5, 0.6) is 0 Å². The second kappa shape index (κ2) is 5.63.